The second kappa shape index (κ2) is 10.2. The van der Waals surface area contributed by atoms with Gasteiger partial charge < -0.3 is 15.1 Å². The molecular formula is C18H30FIN4. The number of rotatable bonds is 4. The third-order valence-electron chi connectivity index (χ3n) is 4.61. The lowest BCUT2D eigenvalue weighted by Crippen LogP contribution is -2.47. The summed E-state index contributed by atoms with van der Waals surface area (Å²) in [6.45, 7) is 5.11. The van der Waals surface area contributed by atoms with E-state index in [1.54, 1.807) is 12.1 Å². The van der Waals surface area contributed by atoms with Crippen LogP contribution in [0.5, 0.6) is 0 Å². The van der Waals surface area contributed by atoms with Crippen molar-refractivity contribution >= 4 is 29.9 Å². The molecule has 0 radical (unpaired) electrons. The van der Waals surface area contributed by atoms with Gasteiger partial charge >= 0.3 is 0 Å². The summed E-state index contributed by atoms with van der Waals surface area (Å²) in [6.07, 6.45) is 2.42. The number of guanidine groups is 1. The summed E-state index contributed by atoms with van der Waals surface area (Å²) in [6, 6.07) is 6.93. The van der Waals surface area contributed by atoms with Crippen LogP contribution in [0.2, 0.25) is 0 Å². The number of nitrogens with one attached hydrogen (secondary N) is 1. The molecule has 1 aliphatic rings. The Hall–Kier alpha value is -0.890. The number of piperidine rings is 1. The van der Waals surface area contributed by atoms with Crippen LogP contribution in [0.25, 0.3) is 0 Å². The van der Waals surface area contributed by atoms with Crippen molar-refractivity contribution in [3.05, 3.63) is 35.6 Å². The van der Waals surface area contributed by atoms with E-state index in [9.17, 15) is 4.39 Å². The maximum absolute atomic E-state index is 13.5. The van der Waals surface area contributed by atoms with Crippen LogP contribution >= 0.6 is 24.0 Å². The lowest BCUT2D eigenvalue weighted by Gasteiger charge is -2.34. The lowest BCUT2D eigenvalue weighted by atomic mass is 9.99. The lowest BCUT2D eigenvalue weighted by molar-refractivity contribution is 0.264. The molecule has 4 nitrogen and oxygen atoms in total. The molecule has 0 spiro atoms. The number of benzene rings is 1. The first-order chi connectivity index (χ1) is 11.0. The molecule has 1 saturated heterocycles. The minimum atomic E-state index is -0.191. The van der Waals surface area contributed by atoms with E-state index in [1.165, 1.54) is 18.9 Å². The summed E-state index contributed by atoms with van der Waals surface area (Å²) < 4.78 is 13.5. The molecular weight excluding hydrogens is 418 g/mol. The van der Waals surface area contributed by atoms with Gasteiger partial charge in [-0.15, -0.1) is 24.0 Å². The molecule has 1 unspecified atom stereocenters. The monoisotopic (exact) mass is 448 g/mol. The van der Waals surface area contributed by atoms with Crippen LogP contribution in [-0.4, -0.2) is 56.5 Å². The highest BCUT2D eigenvalue weighted by Crippen LogP contribution is 2.19. The fourth-order valence-electron chi connectivity index (χ4n) is 3.05. The van der Waals surface area contributed by atoms with Gasteiger partial charge in [-0.3, -0.25) is 4.99 Å². The van der Waals surface area contributed by atoms with Crippen LogP contribution in [0.4, 0.5) is 4.39 Å². The molecule has 2 rings (SSSR count). The standard InChI is InChI=1S/C18H29FN4.HI/c1-14-8-10-23(11-9-14)18(20-2)21-13-17(22(3)4)15-6-5-7-16(19)12-15;/h5-7,12,14,17H,8-11,13H2,1-4H3,(H,20,21);1H. The molecule has 0 saturated carbocycles. The van der Waals surface area contributed by atoms with Crippen LogP contribution in [0.1, 0.15) is 31.4 Å². The van der Waals surface area contributed by atoms with Gasteiger partial charge in [-0.05, 0) is 50.6 Å². The Labute approximate surface area is 162 Å². The molecule has 1 aromatic rings. The normalized spacial score (nSPS) is 17.6. The molecule has 1 aromatic carbocycles. The Morgan fingerprint density at radius 2 is 2.04 bits per heavy atom. The zero-order chi connectivity index (χ0) is 16.8. The van der Waals surface area contributed by atoms with Crippen molar-refractivity contribution in [1.29, 1.82) is 0 Å². The fourth-order valence-corrected chi connectivity index (χ4v) is 3.05. The average Bonchev–Trinajstić information content (AvgIpc) is 2.52. The molecule has 24 heavy (non-hydrogen) atoms. The highest BCUT2D eigenvalue weighted by atomic mass is 127. The summed E-state index contributed by atoms with van der Waals surface area (Å²) in [5.41, 5.74) is 0.977. The van der Waals surface area contributed by atoms with Crippen LogP contribution < -0.4 is 5.32 Å². The molecule has 6 heteroatoms. The average molecular weight is 448 g/mol. The molecule has 1 heterocycles. The van der Waals surface area contributed by atoms with Crippen LogP contribution in [-0.2, 0) is 0 Å². The largest absolute Gasteiger partial charge is 0.354 e. The SMILES string of the molecule is CN=C(NCC(c1cccc(F)c1)N(C)C)N1CCC(C)CC1.I. The van der Waals surface area contributed by atoms with E-state index < -0.39 is 0 Å². The van der Waals surface area contributed by atoms with E-state index in [1.807, 2.05) is 27.2 Å². The highest BCUT2D eigenvalue weighted by molar-refractivity contribution is 14.0. The van der Waals surface area contributed by atoms with Crippen molar-refractivity contribution in [2.45, 2.75) is 25.8 Å². The van der Waals surface area contributed by atoms with Gasteiger partial charge in [0.05, 0.1) is 6.04 Å². The molecule has 1 atom stereocenters. The zero-order valence-corrected chi connectivity index (χ0v) is 17.5. The van der Waals surface area contributed by atoms with Crippen molar-refractivity contribution in [2.24, 2.45) is 10.9 Å². The van der Waals surface area contributed by atoms with E-state index in [2.05, 4.69) is 27.0 Å². The van der Waals surface area contributed by atoms with Gasteiger partial charge in [-0.25, -0.2) is 4.39 Å². The first kappa shape index (κ1) is 21.2. The minimum Gasteiger partial charge on any atom is -0.354 e. The summed E-state index contributed by atoms with van der Waals surface area (Å²) in [7, 11) is 5.86. The molecule has 0 aliphatic carbocycles. The van der Waals surface area contributed by atoms with Gasteiger partial charge in [0.15, 0.2) is 5.96 Å². The van der Waals surface area contributed by atoms with Gasteiger partial charge in [-0.1, -0.05) is 19.1 Å². The van der Waals surface area contributed by atoms with Crippen LogP contribution in [0.15, 0.2) is 29.3 Å². The van der Waals surface area contributed by atoms with E-state index in [0.717, 1.165) is 30.5 Å². The fraction of sp³-hybridized carbons (Fsp3) is 0.611. The smallest absolute Gasteiger partial charge is 0.193 e. The first-order valence-electron chi connectivity index (χ1n) is 8.38. The Balaban J connectivity index is 0.00000288. The second-order valence-corrected chi connectivity index (χ2v) is 6.63. The number of likely N-dealkylation sites (N-methyl/N-ethyl adjacent to an activating group) is 1. The summed E-state index contributed by atoms with van der Waals surface area (Å²) >= 11 is 0. The Morgan fingerprint density at radius 3 is 2.58 bits per heavy atom. The highest BCUT2D eigenvalue weighted by Gasteiger charge is 2.20. The molecule has 0 bridgehead atoms. The van der Waals surface area contributed by atoms with Crippen molar-refractivity contribution in [3.8, 4) is 0 Å². The van der Waals surface area contributed by atoms with E-state index >= 15 is 0 Å². The maximum Gasteiger partial charge on any atom is 0.193 e. The van der Waals surface area contributed by atoms with Crippen LogP contribution in [0, 0.1) is 11.7 Å². The van der Waals surface area contributed by atoms with Gasteiger partial charge in [0.25, 0.3) is 0 Å². The molecule has 0 amide bonds. The molecule has 1 fully saturated rings. The summed E-state index contributed by atoms with van der Waals surface area (Å²) in [5, 5.41) is 3.47. The number of nitrogens with zero attached hydrogens (tertiary/aromatic N) is 3. The van der Waals surface area contributed by atoms with Crippen molar-refractivity contribution in [2.75, 3.05) is 40.8 Å². The summed E-state index contributed by atoms with van der Waals surface area (Å²) in [5.74, 6) is 1.55. The van der Waals surface area contributed by atoms with E-state index in [-0.39, 0.29) is 35.8 Å². The number of hydrogen-bond donors (Lipinski definition) is 1. The third kappa shape index (κ3) is 5.88. The Morgan fingerprint density at radius 1 is 1.38 bits per heavy atom. The van der Waals surface area contributed by atoms with E-state index in [4.69, 9.17) is 0 Å². The van der Waals surface area contributed by atoms with Crippen molar-refractivity contribution < 1.29 is 4.39 Å². The number of aliphatic imine (C=N–C) groups is 1. The second-order valence-electron chi connectivity index (χ2n) is 6.63. The number of hydrogen-bond acceptors (Lipinski definition) is 2. The van der Waals surface area contributed by atoms with E-state index in [0.29, 0.717) is 6.54 Å². The summed E-state index contributed by atoms with van der Waals surface area (Å²) in [4.78, 5) is 8.84. The number of likely N-dealkylation sites (tertiary alicyclic amines) is 1. The predicted octanol–water partition coefficient (Wildman–Crippen LogP) is 3.35. The van der Waals surface area contributed by atoms with Crippen molar-refractivity contribution in [1.82, 2.24) is 15.1 Å². The molecule has 136 valence electrons. The molecule has 1 N–H and O–H groups in total. The topological polar surface area (TPSA) is 30.9 Å². The molecule has 1 aliphatic heterocycles. The third-order valence-corrected chi connectivity index (χ3v) is 4.61. The quantitative estimate of drug-likeness (QED) is 0.436. The van der Waals surface area contributed by atoms with Crippen LogP contribution in [0.3, 0.4) is 0 Å². The van der Waals surface area contributed by atoms with Gasteiger partial charge in [-0.2, -0.15) is 0 Å². The number of halogens is 2. The minimum absolute atomic E-state index is 0. The first-order valence-corrected chi connectivity index (χ1v) is 8.38. The Bertz CT molecular complexity index is 528. The van der Waals surface area contributed by atoms with Crippen molar-refractivity contribution in [3.63, 3.8) is 0 Å². The predicted molar refractivity (Wildman–Crippen MR) is 110 cm³/mol. The van der Waals surface area contributed by atoms with Gasteiger partial charge in [0, 0.05) is 26.7 Å². The van der Waals surface area contributed by atoms with Gasteiger partial charge in [0.2, 0.25) is 0 Å². The van der Waals surface area contributed by atoms with Gasteiger partial charge in [0.1, 0.15) is 5.82 Å². The molecule has 0 aromatic heterocycles. The maximum atomic E-state index is 13.5. The zero-order valence-electron chi connectivity index (χ0n) is 15.1. The Kier molecular flexibility index (Phi) is 8.97.